The van der Waals surface area contributed by atoms with Crippen molar-refractivity contribution in [1.82, 2.24) is 4.98 Å². The summed E-state index contributed by atoms with van der Waals surface area (Å²) in [5.41, 5.74) is 1.55. The van der Waals surface area contributed by atoms with E-state index >= 15 is 0 Å². The van der Waals surface area contributed by atoms with Crippen molar-refractivity contribution in [2.75, 3.05) is 10.2 Å². The normalized spacial score (nSPS) is 22.9. The molecule has 0 saturated heterocycles. The van der Waals surface area contributed by atoms with Crippen LogP contribution in [0.2, 0.25) is 0 Å². The third-order valence-electron chi connectivity index (χ3n) is 4.65. The van der Waals surface area contributed by atoms with E-state index in [4.69, 9.17) is 0 Å². The van der Waals surface area contributed by atoms with Crippen molar-refractivity contribution in [1.29, 1.82) is 0 Å². The Labute approximate surface area is 154 Å². The van der Waals surface area contributed by atoms with Gasteiger partial charge in [-0.25, -0.2) is 9.37 Å². The Morgan fingerprint density at radius 3 is 2.67 bits per heavy atom. The van der Waals surface area contributed by atoms with E-state index in [-0.39, 0.29) is 29.7 Å². The Balaban J connectivity index is 2.05. The van der Waals surface area contributed by atoms with Gasteiger partial charge in [0.25, 0.3) is 0 Å². The van der Waals surface area contributed by atoms with Gasteiger partial charge in [0.2, 0.25) is 5.91 Å². The third kappa shape index (κ3) is 3.11. The summed E-state index contributed by atoms with van der Waals surface area (Å²) in [4.78, 5) is 18.2. The van der Waals surface area contributed by atoms with Gasteiger partial charge in [-0.3, -0.25) is 4.79 Å². The van der Waals surface area contributed by atoms with Crippen LogP contribution in [0.4, 0.5) is 15.9 Å². The first-order valence-corrected chi connectivity index (χ1v) is 8.93. The van der Waals surface area contributed by atoms with Crippen molar-refractivity contribution < 1.29 is 9.18 Å². The summed E-state index contributed by atoms with van der Waals surface area (Å²) in [6.45, 7) is 5.64. The number of nitrogens with one attached hydrogen (secondary N) is 1. The van der Waals surface area contributed by atoms with E-state index in [1.54, 1.807) is 24.1 Å². The van der Waals surface area contributed by atoms with E-state index in [9.17, 15) is 9.18 Å². The fourth-order valence-electron chi connectivity index (χ4n) is 3.30. The number of carbonyl (C=O) groups excluding carboxylic acids is 1. The maximum Gasteiger partial charge on any atom is 0.224 e. The lowest BCUT2D eigenvalue weighted by Crippen LogP contribution is -2.48. The fourth-order valence-corrected chi connectivity index (χ4v) is 3.62. The van der Waals surface area contributed by atoms with Crippen LogP contribution in [-0.2, 0) is 4.79 Å². The Morgan fingerprint density at radius 1 is 1.29 bits per heavy atom. The van der Waals surface area contributed by atoms with Crippen molar-refractivity contribution in [3.63, 3.8) is 0 Å². The molecular formula is C18H19FIN3O. The van der Waals surface area contributed by atoms with E-state index in [0.29, 0.717) is 0 Å². The summed E-state index contributed by atoms with van der Waals surface area (Å²) in [6.07, 6.45) is 1.79. The van der Waals surface area contributed by atoms with E-state index in [1.165, 1.54) is 12.1 Å². The van der Waals surface area contributed by atoms with Gasteiger partial charge in [-0.2, -0.15) is 0 Å². The molecule has 0 radical (unpaired) electrons. The number of pyridine rings is 1. The van der Waals surface area contributed by atoms with Crippen molar-refractivity contribution in [3.05, 3.63) is 51.5 Å². The molecule has 0 aliphatic carbocycles. The fraction of sp³-hybridized carbons (Fsp3) is 0.333. The smallest absolute Gasteiger partial charge is 0.224 e. The highest BCUT2D eigenvalue weighted by Crippen LogP contribution is 2.42. The standard InChI is InChI=1S/C18H19FIN3O/c1-10-11(2)23(12(3)24)16-6-4-13(19)8-15(16)18(10)22-17-7-5-14(20)9-21-17/h4-11,18H,1-3H3,(H,21,22)/t10?,11-,18?/m0/s1. The lowest BCUT2D eigenvalue weighted by atomic mass is 9.82. The van der Waals surface area contributed by atoms with Gasteiger partial charge >= 0.3 is 0 Å². The Bertz CT molecular complexity index is 765. The van der Waals surface area contributed by atoms with Crippen LogP contribution >= 0.6 is 22.6 Å². The maximum absolute atomic E-state index is 13.9. The number of benzene rings is 1. The zero-order chi connectivity index (χ0) is 17.4. The molecule has 3 rings (SSSR count). The molecule has 126 valence electrons. The molecule has 1 aliphatic rings. The van der Waals surface area contributed by atoms with E-state index in [0.717, 1.165) is 20.6 Å². The quantitative estimate of drug-likeness (QED) is 0.708. The molecule has 1 aromatic heterocycles. The Morgan fingerprint density at radius 2 is 2.04 bits per heavy atom. The number of aromatic nitrogens is 1. The van der Waals surface area contributed by atoms with Crippen LogP contribution in [-0.4, -0.2) is 16.9 Å². The van der Waals surface area contributed by atoms with E-state index in [2.05, 4.69) is 39.8 Å². The van der Waals surface area contributed by atoms with Gasteiger partial charge in [0, 0.05) is 39.9 Å². The van der Waals surface area contributed by atoms with E-state index < -0.39 is 0 Å². The number of nitrogens with zero attached hydrogens (tertiary/aromatic N) is 2. The second-order valence-electron chi connectivity index (χ2n) is 6.18. The molecule has 1 aromatic carbocycles. The number of hydrogen-bond acceptors (Lipinski definition) is 3. The molecule has 6 heteroatoms. The molecule has 0 fully saturated rings. The van der Waals surface area contributed by atoms with Crippen LogP contribution in [0, 0.1) is 15.3 Å². The molecule has 2 unspecified atom stereocenters. The molecule has 0 saturated carbocycles. The summed E-state index contributed by atoms with van der Waals surface area (Å²) in [7, 11) is 0. The number of halogens is 2. The van der Waals surface area contributed by atoms with Gasteiger partial charge in [-0.1, -0.05) is 6.92 Å². The molecule has 24 heavy (non-hydrogen) atoms. The zero-order valence-corrected chi connectivity index (χ0v) is 15.9. The lowest BCUT2D eigenvalue weighted by Gasteiger charge is -2.44. The van der Waals surface area contributed by atoms with Crippen LogP contribution in [0.1, 0.15) is 32.4 Å². The highest BCUT2D eigenvalue weighted by Gasteiger charge is 2.38. The second-order valence-corrected chi connectivity index (χ2v) is 7.42. The average molecular weight is 439 g/mol. The minimum atomic E-state index is -0.304. The molecule has 1 aliphatic heterocycles. The second kappa shape index (κ2) is 6.66. The van der Waals surface area contributed by atoms with Crippen molar-refractivity contribution in [3.8, 4) is 0 Å². The summed E-state index contributed by atoms with van der Waals surface area (Å²) in [5.74, 6) is 0.504. The summed E-state index contributed by atoms with van der Waals surface area (Å²) in [5, 5.41) is 3.41. The highest BCUT2D eigenvalue weighted by molar-refractivity contribution is 14.1. The minimum Gasteiger partial charge on any atom is -0.363 e. The largest absolute Gasteiger partial charge is 0.363 e. The Hall–Kier alpha value is -1.70. The molecule has 2 aromatic rings. The van der Waals surface area contributed by atoms with Gasteiger partial charge in [-0.15, -0.1) is 0 Å². The molecular weight excluding hydrogens is 420 g/mol. The summed E-state index contributed by atoms with van der Waals surface area (Å²) < 4.78 is 14.9. The lowest BCUT2D eigenvalue weighted by molar-refractivity contribution is -0.117. The first-order valence-electron chi connectivity index (χ1n) is 7.86. The molecule has 0 spiro atoms. The summed E-state index contributed by atoms with van der Waals surface area (Å²) >= 11 is 2.20. The van der Waals surface area contributed by atoms with Gasteiger partial charge in [0.1, 0.15) is 11.6 Å². The SMILES string of the molecule is CC(=O)N1c2ccc(F)cc2C(Nc2ccc(I)cn2)C(C)[C@@H]1C. The molecule has 4 nitrogen and oxygen atoms in total. The number of fused-ring (bicyclic) bond motifs is 1. The average Bonchev–Trinajstić information content (AvgIpc) is 2.54. The van der Waals surface area contributed by atoms with Crippen LogP contribution in [0.15, 0.2) is 36.5 Å². The number of carbonyl (C=O) groups is 1. The first kappa shape index (κ1) is 17.1. The highest BCUT2D eigenvalue weighted by atomic mass is 127. The van der Waals surface area contributed by atoms with Gasteiger partial charge in [0.15, 0.2) is 0 Å². The van der Waals surface area contributed by atoms with Gasteiger partial charge in [-0.05, 0) is 59.8 Å². The number of hydrogen-bond donors (Lipinski definition) is 1. The predicted molar refractivity (Wildman–Crippen MR) is 102 cm³/mol. The molecule has 1 N–H and O–H groups in total. The molecule has 1 amide bonds. The third-order valence-corrected chi connectivity index (χ3v) is 5.29. The number of amides is 1. The van der Waals surface area contributed by atoms with Crippen LogP contribution < -0.4 is 10.2 Å². The zero-order valence-electron chi connectivity index (χ0n) is 13.8. The van der Waals surface area contributed by atoms with Crippen molar-refractivity contribution in [2.24, 2.45) is 5.92 Å². The number of rotatable bonds is 2. The van der Waals surface area contributed by atoms with Crippen molar-refractivity contribution >= 4 is 40.0 Å². The number of anilines is 2. The van der Waals surface area contributed by atoms with Crippen molar-refractivity contribution in [2.45, 2.75) is 32.9 Å². The molecule has 2 heterocycles. The van der Waals surface area contributed by atoms with Gasteiger partial charge < -0.3 is 10.2 Å². The van der Waals surface area contributed by atoms with Gasteiger partial charge in [0.05, 0.1) is 6.04 Å². The molecule has 0 bridgehead atoms. The monoisotopic (exact) mass is 439 g/mol. The van der Waals surface area contributed by atoms with Crippen LogP contribution in [0.5, 0.6) is 0 Å². The molecule has 3 atom stereocenters. The first-order chi connectivity index (χ1) is 11.4. The van der Waals surface area contributed by atoms with Crippen LogP contribution in [0.3, 0.4) is 0 Å². The van der Waals surface area contributed by atoms with Crippen LogP contribution in [0.25, 0.3) is 0 Å². The van der Waals surface area contributed by atoms with E-state index in [1.807, 2.05) is 19.1 Å². The predicted octanol–water partition coefficient (Wildman–Crippen LogP) is 4.37. The Kier molecular flexibility index (Phi) is 4.76. The maximum atomic E-state index is 13.9. The minimum absolute atomic E-state index is 0.00168. The summed E-state index contributed by atoms with van der Waals surface area (Å²) in [6, 6.07) is 8.37. The topological polar surface area (TPSA) is 45.2 Å².